The second-order valence-corrected chi connectivity index (χ2v) is 3.10. The number of fused-ring (bicyclic) bond motifs is 1. The fraction of sp³-hybridized carbons (Fsp3) is 0.300. The molecule has 0 bridgehead atoms. The Morgan fingerprint density at radius 1 is 1.43 bits per heavy atom. The lowest BCUT2D eigenvalue weighted by molar-refractivity contribution is -0.119. The van der Waals surface area contributed by atoms with E-state index in [1.54, 1.807) is 0 Å². The van der Waals surface area contributed by atoms with Crippen LogP contribution in [0.15, 0.2) is 18.2 Å². The molecule has 4 heteroatoms. The van der Waals surface area contributed by atoms with E-state index < -0.39 is 0 Å². The molecule has 0 atom stereocenters. The van der Waals surface area contributed by atoms with E-state index >= 15 is 0 Å². The molecule has 0 fully saturated rings. The molecule has 1 aliphatic rings. The highest BCUT2D eigenvalue weighted by Gasteiger charge is 2.12. The summed E-state index contributed by atoms with van der Waals surface area (Å²) in [5.41, 5.74) is 1.00. The van der Waals surface area contributed by atoms with E-state index in [4.69, 9.17) is 9.47 Å². The van der Waals surface area contributed by atoms with E-state index in [9.17, 15) is 4.79 Å². The molecule has 1 amide bonds. The third kappa shape index (κ3) is 1.79. The fourth-order valence-electron chi connectivity index (χ4n) is 1.28. The maximum absolute atomic E-state index is 10.7. The van der Waals surface area contributed by atoms with Crippen molar-refractivity contribution in [3.63, 3.8) is 0 Å². The molecule has 0 saturated heterocycles. The molecule has 4 nitrogen and oxygen atoms in total. The Hall–Kier alpha value is -1.71. The predicted octanol–water partition coefficient (Wildman–Crippen LogP) is 1.05. The maximum atomic E-state index is 10.7. The highest BCUT2D eigenvalue weighted by molar-refractivity contribution is 5.72. The lowest BCUT2D eigenvalue weighted by Crippen LogP contribution is -2.18. The summed E-state index contributed by atoms with van der Waals surface area (Å²) in [6.07, 6.45) is 0. The quantitative estimate of drug-likeness (QED) is 0.763. The first kappa shape index (κ1) is 8.87. The van der Waals surface area contributed by atoms with Crippen LogP contribution in [0.25, 0.3) is 0 Å². The third-order valence-corrected chi connectivity index (χ3v) is 1.98. The van der Waals surface area contributed by atoms with E-state index in [0.717, 1.165) is 17.1 Å². The highest BCUT2D eigenvalue weighted by atomic mass is 16.7. The summed E-state index contributed by atoms with van der Waals surface area (Å²) in [6.45, 7) is 2.29. The van der Waals surface area contributed by atoms with Crippen molar-refractivity contribution in [1.82, 2.24) is 5.32 Å². The van der Waals surface area contributed by atoms with Crippen LogP contribution in [0.4, 0.5) is 0 Å². The molecule has 74 valence electrons. The van der Waals surface area contributed by atoms with Crippen LogP contribution in [0.5, 0.6) is 11.5 Å². The van der Waals surface area contributed by atoms with Gasteiger partial charge in [0.05, 0.1) is 0 Å². The Bertz CT molecular complexity index is 362. The number of benzene rings is 1. The van der Waals surface area contributed by atoms with Crippen LogP contribution < -0.4 is 14.8 Å². The first-order chi connectivity index (χ1) is 6.75. The molecule has 0 spiro atoms. The number of nitrogens with one attached hydrogen (secondary N) is 1. The van der Waals surface area contributed by atoms with E-state index in [2.05, 4.69) is 5.32 Å². The Kier molecular flexibility index (Phi) is 2.26. The number of hydrogen-bond acceptors (Lipinski definition) is 3. The van der Waals surface area contributed by atoms with Gasteiger partial charge in [0.15, 0.2) is 11.5 Å². The zero-order chi connectivity index (χ0) is 9.97. The van der Waals surface area contributed by atoms with Crippen molar-refractivity contribution >= 4 is 5.91 Å². The molecule has 2 rings (SSSR count). The molecule has 1 aliphatic heterocycles. The van der Waals surface area contributed by atoms with Crippen LogP contribution >= 0.6 is 0 Å². The maximum Gasteiger partial charge on any atom is 0.231 e. The zero-order valence-electron chi connectivity index (χ0n) is 7.87. The van der Waals surface area contributed by atoms with Gasteiger partial charge in [-0.15, -0.1) is 0 Å². The van der Waals surface area contributed by atoms with Crippen molar-refractivity contribution in [2.45, 2.75) is 13.5 Å². The van der Waals surface area contributed by atoms with Gasteiger partial charge >= 0.3 is 0 Å². The Morgan fingerprint density at radius 3 is 3.00 bits per heavy atom. The number of rotatable bonds is 2. The monoisotopic (exact) mass is 193 g/mol. The average molecular weight is 193 g/mol. The topological polar surface area (TPSA) is 47.6 Å². The molecule has 0 unspecified atom stereocenters. The normalized spacial score (nSPS) is 12.6. The highest BCUT2D eigenvalue weighted by Crippen LogP contribution is 2.32. The molecular weight excluding hydrogens is 182 g/mol. The van der Waals surface area contributed by atoms with Crippen LogP contribution in [0.3, 0.4) is 0 Å². The summed E-state index contributed by atoms with van der Waals surface area (Å²) in [5.74, 6) is 1.46. The first-order valence-corrected chi connectivity index (χ1v) is 4.38. The molecule has 1 aromatic rings. The summed E-state index contributed by atoms with van der Waals surface area (Å²) in [5, 5.41) is 2.72. The van der Waals surface area contributed by atoms with Gasteiger partial charge in [-0.05, 0) is 17.7 Å². The van der Waals surface area contributed by atoms with Gasteiger partial charge < -0.3 is 14.8 Å². The second-order valence-electron chi connectivity index (χ2n) is 3.10. The molecule has 0 aliphatic carbocycles. The van der Waals surface area contributed by atoms with Gasteiger partial charge in [-0.3, -0.25) is 4.79 Å². The lowest BCUT2D eigenvalue weighted by atomic mass is 10.2. The number of ether oxygens (including phenoxy) is 2. The van der Waals surface area contributed by atoms with Gasteiger partial charge in [-0.25, -0.2) is 0 Å². The van der Waals surface area contributed by atoms with Crippen molar-refractivity contribution in [3.8, 4) is 11.5 Å². The largest absolute Gasteiger partial charge is 0.454 e. The smallest absolute Gasteiger partial charge is 0.231 e. The van der Waals surface area contributed by atoms with Crippen LogP contribution in [0, 0.1) is 0 Å². The van der Waals surface area contributed by atoms with Crippen molar-refractivity contribution < 1.29 is 14.3 Å². The van der Waals surface area contributed by atoms with Gasteiger partial charge in [-0.1, -0.05) is 6.07 Å². The fourth-order valence-corrected chi connectivity index (χ4v) is 1.28. The van der Waals surface area contributed by atoms with Crippen LogP contribution in [-0.4, -0.2) is 12.7 Å². The second kappa shape index (κ2) is 3.57. The number of hydrogen-bond donors (Lipinski definition) is 1. The molecule has 1 N–H and O–H groups in total. The Morgan fingerprint density at radius 2 is 2.21 bits per heavy atom. The summed E-state index contributed by atoms with van der Waals surface area (Å²) in [4.78, 5) is 10.7. The van der Waals surface area contributed by atoms with Gasteiger partial charge in [0.25, 0.3) is 0 Å². The van der Waals surface area contributed by atoms with E-state index in [0.29, 0.717) is 6.54 Å². The van der Waals surface area contributed by atoms with Gasteiger partial charge in [0, 0.05) is 13.5 Å². The molecule has 1 heterocycles. The van der Waals surface area contributed by atoms with Gasteiger partial charge in [0.1, 0.15) is 0 Å². The van der Waals surface area contributed by atoms with Crippen LogP contribution in [-0.2, 0) is 11.3 Å². The Balaban J connectivity index is 2.09. The van der Waals surface area contributed by atoms with Crippen molar-refractivity contribution in [2.75, 3.05) is 6.79 Å². The summed E-state index contributed by atoms with van der Waals surface area (Å²) in [6, 6.07) is 5.63. The zero-order valence-corrected chi connectivity index (χ0v) is 7.87. The number of carbonyl (C=O) groups is 1. The standard InChI is InChI=1S/C10H11NO3/c1-7(12)11-5-8-2-3-9-10(4-8)14-6-13-9/h2-4H,5-6H2,1H3,(H,11,12). The summed E-state index contributed by atoms with van der Waals surface area (Å²) >= 11 is 0. The summed E-state index contributed by atoms with van der Waals surface area (Å²) in [7, 11) is 0. The minimum absolute atomic E-state index is 0.0392. The number of carbonyl (C=O) groups excluding carboxylic acids is 1. The van der Waals surface area contributed by atoms with E-state index in [1.807, 2.05) is 18.2 Å². The minimum Gasteiger partial charge on any atom is -0.454 e. The van der Waals surface area contributed by atoms with Crippen molar-refractivity contribution in [1.29, 1.82) is 0 Å². The number of amides is 1. The first-order valence-electron chi connectivity index (χ1n) is 4.38. The minimum atomic E-state index is -0.0392. The van der Waals surface area contributed by atoms with E-state index in [-0.39, 0.29) is 12.7 Å². The van der Waals surface area contributed by atoms with Crippen molar-refractivity contribution in [3.05, 3.63) is 23.8 Å². The van der Waals surface area contributed by atoms with Gasteiger partial charge in [-0.2, -0.15) is 0 Å². The predicted molar refractivity (Wildman–Crippen MR) is 50.1 cm³/mol. The molecule has 1 aromatic carbocycles. The summed E-state index contributed by atoms with van der Waals surface area (Å²) < 4.78 is 10.4. The lowest BCUT2D eigenvalue weighted by Gasteiger charge is -2.03. The molecular formula is C10H11NO3. The SMILES string of the molecule is CC(=O)NCc1ccc2c(c1)OCO2. The van der Waals surface area contributed by atoms with Crippen LogP contribution in [0.2, 0.25) is 0 Å². The van der Waals surface area contributed by atoms with Crippen LogP contribution in [0.1, 0.15) is 12.5 Å². The van der Waals surface area contributed by atoms with E-state index in [1.165, 1.54) is 6.92 Å². The molecule has 14 heavy (non-hydrogen) atoms. The van der Waals surface area contributed by atoms with Crippen molar-refractivity contribution in [2.24, 2.45) is 0 Å². The van der Waals surface area contributed by atoms with Gasteiger partial charge in [0.2, 0.25) is 12.7 Å². The third-order valence-electron chi connectivity index (χ3n) is 1.98. The molecule has 0 radical (unpaired) electrons. The Labute approximate surface area is 81.8 Å². The molecule has 0 saturated carbocycles. The average Bonchev–Trinajstić information content (AvgIpc) is 2.61. The molecule has 0 aromatic heterocycles.